The first-order chi connectivity index (χ1) is 8.77. The summed E-state index contributed by atoms with van der Waals surface area (Å²) in [6, 6.07) is 0. The van der Waals surface area contributed by atoms with E-state index in [2.05, 4.69) is 17.1 Å². The molecule has 0 atom stereocenters. The molecule has 1 fully saturated rings. The highest BCUT2D eigenvalue weighted by Gasteiger charge is 2.17. The van der Waals surface area contributed by atoms with Crippen molar-refractivity contribution in [2.24, 2.45) is 0 Å². The summed E-state index contributed by atoms with van der Waals surface area (Å²) in [5.41, 5.74) is 0. The minimum atomic E-state index is 0.247. The molecule has 0 aromatic carbocycles. The lowest BCUT2D eigenvalue weighted by Crippen LogP contribution is -2.42. The lowest BCUT2D eigenvalue weighted by atomic mass is 10.3. The lowest BCUT2D eigenvalue weighted by molar-refractivity contribution is -0.132. The predicted octanol–water partition coefficient (Wildman–Crippen LogP) is 0.167. The largest absolute Gasteiger partial charge is 0.380 e. The summed E-state index contributed by atoms with van der Waals surface area (Å²) < 4.78 is 5.34. The fraction of sp³-hybridized carbons (Fsp3) is 0.923. The Kier molecular flexibility index (Phi) is 7.96. The maximum Gasteiger partial charge on any atom is 0.236 e. The van der Waals surface area contributed by atoms with E-state index in [1.807, 2.05) is 11.8 Å². The fourth-order valence-electron chi connectivity index (χ4n) is 2.07. The van der Waals surface area contributed by atoms with E-state index in [0.29, 0.717) is 13.2 Å². The van der Waals surface area contributed by atoms with Gasteiger partial charge in [0.25, 0.3) is 0 Å². The molecule has 0 aromatic rings. The van der Waals surface area contributed by atoms with Crippen LogP contribution in [0.5, 0.6) is 0 Å². The number of likely N-dealkylation sites (N-methyl/N-ethyl adjacent to an activating group) is 1. The number of carbonyl (C=O) groups is 1. The molecular formula is C13H27N3O2. The van der Waals surface area contributed by atoms with E-state index >= 15 is 0 Å². The van der Waals surface area contributed by atoms with E-state index < -0.39 is 0 Å². The van der Waals surface area contributed by atoms with E-state index in [0.717, 1.165) is 52.3 Å². The minimum Gasteiger partial charge on any atom is -0.380 e. The maximum atomic E-state index is 12.2. The van der Waals surface area contributed by atoms with Gasteiger partial charge in [-0.1, -0.05) is 6.92 Å². The molecule has 5 heteroatoms. The Hall–Kier alpha value is -0.650. The first kappa shape index (κ1) is 15.4. The number of hydrogen-bond acceptors (Lipinski definition) is 4. The molecule has 0 spiro atoms. The topological polar surface area (TPSA) is 44.8 Å². The summed E-state index contributed by atoms with van der Waals surface area (Å²) >= 11 is 0. The van der Waals surface area contributed by atoms with Crippen molar-refractivity contribution < 1.29 is 9.53 Å². The van der Waals surface area contributed by atoms with Crippen LogP contribution in [0.2, 0.25) is 0 Å². The van der Waals surface area contributed by atoms with Gasteiger partial charge < -0.3 is 15.0 Å². The first-order valence-corrected chi connectivity index (χ1v) is 7.06. The third kappa shape index (κ3) is 5.80. The quantitative estimate of drug-likeness (QED) is 0.660. The van der Waals surface area contributed by atoms with Crippen molar-refractivity contribution in [2.75, 3.05) is 59.0 Å². The minimum absolute atomic E-state index is 0.247. The van der Waals surface area contributed by atoms with Gasteiger partial charge in [0.05, 0.1) is 13.2 Å². The highest BCUT2D eigenvalue weighted by atomic mass is 16.5. The molecule has 1 rings (SSSR count). The molecule has 0 radical (unpaired) electrons. The van der Waals surface area contributed by atoms with E-state index in [-0.39, 0.29) is 5.91 Å². The van der Waals surface area contributed by atoms with Crippen molar-refractivity contribution in [3.05, 3.63) is 0 Å². The van der Waals surface area contributed by atoms with Crippen LogP contribution < -0.4 is 5.32 Å². The highest BCUT2D eigenvalue weighted by molar-refractivity contribution is 5.78. The molecule has 0 aromatic heterocycles. The number of amides is 1. The summed E-state index contributed by atoms with van der Waals surface area (Å²) in [7, 11) is 0. The Morgan fingerprint density at radius 1 is 1.33 bits per heavy atom. The molecular weight excluding hydrogens is 230 g/mol. The van der Waals surface area contributed by atoms with Crippen LogP contribution >= 0.6 is 0 Å². The van der Waals surface area contributed by atoms with Crippen molar-refractivity contribution in [2.45, 2.75) is 20.3 Å². The second kappa shape index (κ2) is 9.30. The van der Waals surface area contributed by atoms with Crippen molar-refractivity contribution in [1.29, 1.82) is 0 Å². The SMILES string of the molecule is CCOCCN(CC)CC(=O)N1CCCNCC1. The van der Waals surface area contributed by atoms with Gasteiger partial charge in [-0.25, -0.2) is 0 Å². The monoisotopic (exact) mass is 257 g/mol. The van der Waals surface area contributed by atoms with E-state index in [1.165, 1.54) is 0 Å². The second-order valence-corrected chi connectivity index (χ2v) is 4.55. The van der Waals surface area contributed by atoms with Gasteiger partial charge in [-0.15, -0.1) is 0 Å². The van der Waals surface area contributed by atoms with Gasteiger partial charge in [-0.2, -0.15) is 0 Å². The zero-order valence-corrected chi connectivity index (χ0v) is 11.8. The van der Waals surface area contributed by atoms with Crippen LogP contribution in [0.4, 0.5) is 0 Å². The Labute approximate surface area is 110 Å². The fourth-order valence-corrected chi connectivity index (χ4v) is 2.07. The van der Waals surface area contributed by atoms with Gasteiger partial charge >= 0.3 is 0 Å². The number of rotatable bonds is 7. The molecule has 5 nitrogen and oxygen atoms in total. The van der Waals surface area contributed by atoms with Crippen LogP contribution in [0.25, 0.3) is 0 Å². The molecule has 0 saturated carbocycles. The van der Waals surface area contributed by atoms with E-state index in [4.69, 9.17) is 4.74 Å². The van der Waals surface area contributed by atoms with Crippen LogP contribution in [0.3, 0.4) is 0 Å². The molecule has 0 aliphatic carbocycles. The first-order valence-electron chi connectivity index (χ1n) is 7.06. The molecule has 1 N–H and O–H groups in total. The van der Waals surface area contributed by atoms with Crippen molar-refractivity contribution in [3.63, 3.8) is 0 Å². The average Bonchev–Trinajstić information content (AvgIpc) is 2.66. The summed E-state index contributed by atoms with van der Waals surface area (Å²) in [6.07, 6.45) is 1.05. The number of hydrogen-bond donors (Lipinski definition) is 1. The van der Waals surface area contributed by atoms with Crippen molar-refractivity contribution in [3.8, 4) is 0 Å². The van der Waals surface area contributed by atoms with Gasteiger partial charge in [-0.3, -0.25) is 9.69 Å². The zero-order valence-electron chi connectivity index (χ0n) is 11.8. The molecule has 1 aliphatic heterocycles. The number of nitrogens with zero attached hydrogens (tertiary/aromatic N) is 2. The summed E-state index contributed by atoms with van der Waals surface area (Å²) in [5.74, 6) is 0.247. The highest BCUT2D eigenvalue weighted by Crippen LogP contribution is 1.99. The Balaban J connectivity index is 2.30. The Bertz CT molecular complexity index is 228. The molecule has 0 unspecified atom stereocenters. The normalized spacial score (nSPS) is 16.9. The van der Waals surface area contributed by atoms with Gasteiger partial charge in [0.15, 0.2) is 0 Å². The zero-order chi connectivity index (χ0) is 13.2. The molecule has 0 bridgehead atoms. The average molecular weight is 257 g/mol. The van der Waals surface area contributed by atoms with Gasteiger partial charge in [0.1, 0.15) is 0 Å². The van der Waals surface area contributed by atoms with E-state index in [9.17, 15) is 4.79 Å². The van der Waals surface area contributed by atoms with Crippen LogP contribution in [0.1, 0.15) is 20.3 Å². The predicted molar refractivity (Wildman–Crippen MR) is 72.7 cm³/mol. The number of ether oxygens (including phenoxy) is 1. The van der Waals surface area contributed by atoms with Gasteiger partial charge in [0, 0.05) is 32.8 Å². The van der Waals surface area contributed by atoms with Crippen LogP contribution in [-0.2, 0) is 9.53 Å². The summed E-state index contributed by atoms with van der Waals surface area (Å²) in [4.78, 5) is 16.3. The molecule has 106 valence electrons. The molecule has 1 amide bonds. The van der Waals surface area contributed by atoms with Crippen LogP contribution in [0, 0.1) is 0 Å². The second-order valence-electron chi connectivity index (χ2n) is 4.55. The number of carbonyl (C=O) groups excluding carboxylic acids is 1. The molecule has 1 aliphatic rings. The third-order valence-electron chi connectivity index (χ3n) is 3.25. The van der Waals surface area contributed by atoms with Crippen molar-refractivity contribution >= 4 is 5.91 Å². The smallest absolute Gasteiger partial charge is 0.236 e. The van der Waals surface area contributed by atoms with Gasteiger partial charge in [0.2, 0.25) is 5.91 Å². The molecule has 1 saturated heterocycles. The summed E-state index contributed by atoms with van der Waals surface area (Å²) in [6.45, 7) is 11.4. The Morgan fingerprint density at radius 3 is 2.89 bits per heavy atom. The molecule has 18 heavy (non-hydrogen) atoms. The van der Waals surface area contributed by atoms with E-state index in [1.54, 1.807) is 0 Å². The maximum absolute atomic E-state index is 12.2. The Morgan fingerprint density at radius 2 is 2.17 bits per heavy atom. The van der Waals surface area contributed by atoms with Crippen LogP contribution in [0.15, 0.2) is 0 Å². The summed E-state index contributed by atoms with van der Waals surface area (Å²) in [5, 5.41) is 3.31. The molecule has 1 heterocycles. The van der Waals surface area contributed by atoms with Gasteiger partial charge in [-0.05, 0) is 26.4 Å². The number of nitrogens with one attached hydrogen (secondary N) is 1. The third-order valence-corrected chi connectivity index (χ3v) is 3.25. The lowest BCUT2D eigenvalue weighted by Gasteiger charge is -2.25. The van der Waals surface area contributed by atoms with Crippen LogP contribution in [-0.4, -0.2) is 74.7 Å². The standard InChI is InChI=1S/C13H27N3O2/c1-3-15(10-11-18-4-2)12-13(17)16-8-5-6-14-7-9-16/h14H,3-12H2,1-2H3. The van der Waals surface area contributed by atoms with Crippen molar-refractivity contribution in [1.82, 2.24) is 15.1 Å².